The summed E-state index contributed by atoms with van der Waals surface area (Å²) in [5.74, 6) is -2.60. The molecule has 12 heteroatoms. The van der Waals surface area contributed by atoms with E-state index in [0.29, 0.717) is 11.8 Å². The molecule has 0 unspecified atom stereocenters. The van der Waals surface area contributed by atoms with Crippen LogP contribution < -0.4 is 21.7 Å². The van der Waals surface area contributed by atoms with Crippen LogP contribution in [-0.4, -0.2) is 26.9 Å². The molecule has 3 rings (SSSR count). The van der Waals surface area contributed by atoms with Gasteiger partial charge in [0.15, 0.2) is 0 Å². The van der Waals surface area contributed by atoms with Crippen molar-refractivity contribution in [2.24, 2.45) is 5.73 Å². The monoisotopic (exact) mass is 486 g/mol. The molecule has 6 N–H and O–H groups in total. The van der Waals surface area contributed by atoms with Gasteiger partial charge in [-0.15, -0.1) is 0 Å². The first-order valence-corrected chi connectivity index (χ1v) is 10.0. The van der Waals surface area contributed by atoms with Crippen LogP contribution in [-0.2, 0) is 11.0 Å². The van der Waals surface area contributed by atoms with E-state index in [1.165, 1.54) is 18.2 Å². The molecule has 0 fully saturated rings. The van der Waals surface area contributed by atoms with Crippen molar-refractivity contribution < 1.29 is 27.9 Å². The van der Waals surface area contributed by atoms with Gasteiger partial charge in [0.1, 0.15) is 17.1 Å². The zero-order valence-electron chi connectivity index (χ0n) is 18.6. The molecule has 1 heterocycles. The van der Waals surface area contributed by atoms with E-state index in [-0.39, 0.29) is 34.3 Å². The number of hydrogen-bond donors (Lipinski definition) is 5. The number of anilines is 5. The molecule has 2 amide bonds. The molecule has 0 atom stereocenters. The number of carbonyl (C=O) groups is 2. The first kappa shape index (κ1) is 25.0. The van der Waals surface area contributed by atoms with E-state index in [0.717, 1.165) is 11.6 Å². The number of rotatable bonds is 7. The van der Waals surface area contributed by atoms with Crippen molar-refractivity contribution in [1.82, 2.24) is 9.97 Å². The van der Waals surface area contributed by atoms with Crippen LogP contribution >= 0.6 is 0 Å². The number of nitrogens with two attached hydrogens (primary N) is 1. The zero-order chi connectivity index (χ0) is 25.9. The highest BCUT2D eigenvalue weighted by Gasteiger charge is 2.35. The summed E-state index contributed by atoms with van der Waals surface area (Å²) < 4.78 is 41.1. The van der Waals surface area contributed by atoms with E-state index in [1.807, 2.05) is 0 Å². The summed E-state index contributed by atoms with van der Waals surface area (Å²) in [6.45, 7) is 6.71. The lowest BCUT2D eigenvalue weighted by atomic mass is 10.1. The standard InChI is InChI=1S/C23H21F3N6O3/c1-4-19(34)29-17-7-11(2)5-6-15(17)30-21-14(23(24,25)26)10-28-22(32-21)31-16-9-13(20(27)35)18(33)8-12(16)3/h4-10,33H,1H2,2-3H3,(H2,27,35)(H,29,34)(H2,28,30,31,32). The lowest BCUT2D eigenvalue weighted by molar-refractivity contribution is -0.137. The number of primary amides is 1. The SMILES string of the molecule is C=CC(=O)Nc1cc(C)ccc1Nc1nc(Nc2cc(C(N)=O)c(O)cc2C)ncc1C(F)(F)F. The lowest BCUT2D eigenvalue weighted by Crippen LogP contribution is -2.15. The van der Waals surface area contributed by atoms with E-state index < -0.39 is 29.4 Å². The average molecular weight is 486 g/mol. The van der Waals surface area contributed by atoms with Gasteiger partial charge in [-0.25, -0.2) is 4.98 Å². The maximum Gasteiger partial charge on any atom is 0.421 e. The number of benzene rings is 2. The molecule has 182 valence electrons. The van der Waals surface area contributed by atoms with Crippen LogP contribution in [0.5, 0.6) is 5.75 Å². The summed E-state index contributed by atoms with van der Waals surface area (Å²) in [6.07, 6.45) is -3.16. The molecule has 0 saturated heterocycles. The number of halogens is 3. The Bertz CT molecular complexity index is 1320. The smallest absolute Gasteiger partial charge is 0.421 e. The number of carbonyl (C=O) groups excluding carboxylic acids is 2. The Hall–Kier alpha value is -4.61. The van der Waals surface area contributed by atoms with Crippen molar-refractivity contribution in [3.63, 3.8) is 0 Å². The summed E-state index contributed by atoms with van der Waals surface area (Å²) in [5.41, 5.74) is 5.73. The highest BCUT2D eigenvalue weighted by molar-refractivity contribution is 6.01. The molecule has 35 heavy (non-hydrogen) atoms. The van der Waals surface area contributed by atoms with Crippen molar-refractivity contribution >= 4 is 40.6 Å². The lowest BCUT2D eigenvalue weighted by Gasteiger charge is -2.18. The summed E-state index contributed by atoms with van der Waals surface area (Å²) >= 11 is 0. The van der Waals surface area contributed by atoms with Gasteiger partial charge < -0.3 is 26.8 Å². The number of nitrogens with zero attached hydrogens (tertiary/aromatic N) is 2. The summed E-state index contributed by atoms with van der Waals surface area (Å²) in [6, 6.07) is 7.22. The first-order chi connectivity index (χ1) is 16.4. The molecule has 2 aromatic carbocycles. The highest BCUT2D eigenvalue weighted by Crippen LogP contribution is 2.37. The molecule has 0 aliphatic rings. The summed E-state index contributed by atoms with van der Waals surface area (Å²) in [7, 11) is 0. The van der Waals surface area contributed by atoms with Gasteiger partial charge in [0.2, 0.25) is 11.9 Å². The molecule has 0 aliphatic carbocycles. The Balaban J connectivity index is 2.05. The predicted molar refractivity (Wildman–Crippen MR) is 125 cm³/mol. The quantitative estimate of drug-likeness (QED) is 0.244. The molecule has 0 spiro atoms. The van der Waals surface area contributed by atoms with Crippen molar-refractivity contribution in [2.45, 2.75) is 20.0 Å². The fourth-order valence-corrected chi connectivity index (χ4v) is 3.07. The van der Waals surface area contributed by atoms with Crippen molar-refractivity contribution in [1.29, 1.82) is 0 Å². The van der Waals surface area contributed by atoms with Crippen LogP contribution in [0.15, 0.2) is 49.2 Å². The average Bonchev–Trinajstić information content (AvgIpc) is 2.76. The molecule has 0 radical (unpaired) electrons. The molecule has 9 nitrogen and oxygen atoms in total. The number of hydrogen-bond acceptors (Lipinski definition) is 7. The van der Waals surface area contributed by atoms with Crippen molar-refractivity contribution in [2.75, 3.05) is 16.0 Å². The first-order valence-electron chi connectivity index (χ1n) is 10.0. The minimum absolute atomic E-state index is 0.151. The number of aryl methyl sites for hydroxylation is 2. The van der Waals surface area contributed by atoms with Crippen molar-refractivity contribution in [3.05, 3.63) is 71.4 Å². The van der Waals surface area contributed by atoms with Gasteiger partial charge in [0, 0.05) is 11.9 Å². The Morgan fingerprint density at radius 3 is 2.43 bits per heavy atom. The maximum absolute atomic E-state index is 13.7. The van der Waals surface area contributed by atoms with Crippen LogP contribution in [0, 0.1) is 13.8 Å². The molecule has 0 saturated carbocycles. The number of phenols is 1. The number of alkyl halides is 3. The normalized spacial score (nSPS) is 11.0. The second-order valence-corrected chi connectivity index (χ2v) is 7.49. The van der Waals surface area contributed by atoms with E-state index in [1.54, 1.807) is 26.0 Å². The minimum Gasteiger partial charge on any atom is -0.507 e. The third-order valence-corrected chi connectivity index (χ3v) is 4.82. The molecule has 0 bridgehead atoms. The van der Waals surface area contributed by atoms with E-state index in [9.17, 15) is 27.9 Å². The van der Waals surface area contributed by atoms with E-state index >= 15 is 0 Å². The summed E-state index contributed by atoms with van der Waals surface area (Å²) in [4.78, 5) is 31.0. The van der Waals surface area contributed by atoms with E-state index in [4.69, 9.17) is 5.73 Å². The molecule has 0 aliphatic heterocycles. The van der Waals surface area contributed by atoms with Gasteiger partial charge in [-0.3, -0.25) is 9.59 Å². The second-order valence-electron chi connectivity index (χ2n) is 7.49. The number of amides is 2. The van der Waals surface area contributed by atoms with Gasteiger partial charge in [-0.05, 0) is 55.3 Å². The fourth-order valence-electron chi connectivity index (χ4n) is 3.07. The minimum atomic E-state index is -4.79. The van der Waals surface area contributed by atoms with Crippen LogP contribution in [0.25, 0.3) is 0 Å². The van der Waals surface area contributed by atoms with Gasteiger partial charge >= 0.3 is 6.18 Å². The van der Waals surface area contributed by atoms with Crippen LogP contribution in [0.1, 0.15) is 27.0 Å². The van der Waals surface area contributed by atoms with Gasteiger partial charge in [-0.1, -0.05) is 12.6 Å². The molecular weight excluding hydrogens is 465 g/mol. The van der Waals surface area contributed by atoms with Crippen molar-refractivity contribution in [3.8, 4) is 5.75 Å². The van der Waals surface area contributed by atoms with Crippen LogP contribution in [0.2, 0.25) is 0 Å². The van der Waals surface area contributed by atoms with Gasteiger partial charge in [-0.2, -0.15) is 18.2 Å². The van der Waals surface area contributed by atoms with Gasteiger partial charge in [0.25, 0.3) is 5.91 Å². The zero-order valence-corrected chi connectivity index (χ0v) is 18.6. The number of aromatic nitrogens is 2. The number of aromatic hydroxyl groups is 1. The molecule has 1 aromatic heterocycles. The largest absolute Gasteiger partial charge is 0.507 e. The third kappa shape index (κ3) is 5.85. The Labute approximate surface area is 197 Å². The fraction of sp³-hybridized carbons (Fsp3) is 0.130. The Kier molecular flexibility index (Phi) is 6.94. The molecular formula is C23H21F3N6O3. The van der Waals surface area contributed by atoms with E-state index in [2.05, 4.69) is 32.5 Å². The van der Waals surface area contributed by atoms with Crippen LogP contribution in [0.4, 0.5) is 42.0 Å². The Morgan fingerprint density at radius 2 is 1.80 bits per heavy atom. The van der Waals surface area contributed by atoms with Crippen LogP contribution in [0.3, 0.4) is 0 Å². The summed E-state index contributed by atoms with van der Waals surface area (Å²) in [5, 5.41) is 17.8. The predicted octanol–water partition coefficient (Wildman–Crippen LogP) is 4.53. The molecule has 3 aromatic rings. The highest BCUT2D eigenvalue weighted by atomic mass is 19.4. The number of nitrogens with one attached hydrogen (secondary N) is 3. The van der Waals surface area contributed by atoms with Gasteiger partial charge in [0.05, 0.1) is 16.9 Å². The maximum atomic E-state index is 13.7. The second kappa shape index (κ2) is 9.71. The Morgan fingerprint density at radius 1 is 1.09 bits per heavy atom. The topological polar surface area (TPSA) is 142 Å². The third-order valence-electron chi connectivity index (χ3n) is 4.82.